The largest absolute Gasteiger partial charge is 0.481 e. The van der Waals surface area contributed by atoms with Crippen LogP contribution in [0, 0.1) is 23.6 Å². The fourth-order valence-corrected chi connectivity index (χ4v) is 5.58. The molecule has 4 heterocycles. The minimum Gasteiger partial charge on any atom is -0.481 e. The van der Waals surface area contributed by atoms with E-state index in [0.717, 1.165) is 25.7 Å². The van der Waals surface area contributed by atoms with E-state index in [1.807, 2.05) is 0 Å². The Morgan fingerprint density at radius 3 is 2.74 bits per heavy atom. The molecule has 11 heteroatoms. The lowest BCUT2D eigenvalue weighted by atomic mass is 9.61. The Kier molecular flexibility index (Phi) is 4.98. The summed E-state index contributed by atoms with van der Waals surface area (Å²) in [5, 5.41) is 13.3. The van der Waals surface area contributed by atoms with E-state index in [2.05, 4.69) is 30.2 Å². The molecule has 9 nitrogen and oxygen atoms in total. The fraction of sp³-hybridized carbons (Fsp3) is 0.348. The quantitative estimate of drug-likeness (QED) is 0.371. The predicted octanol–water partition coefficient (Wildman–Crippen LogP) is 4.77. The van der Waals surface area contributed by atoms with Crippen LogP contribution in [-0.2, 0) is 4.79 Å². The molecule has 4 aromatic heterocycles. The summed E-state index contributed by atoms with van der Waals surface area (Å²) in [4.78, 5) is 32.5. The van der Waals surface area contributed by atoms with E-state index in [9.17, 15) is 9.90 Å². The standard InChI is InChI=1S/C23H20ClFN6O3/c24-14-9-27-22-18(28-14)12(8-26-22)20-30-19(13-2-1-7-34-13)16(25)21(31-20)29-17-11-5-3-10(4-6-11)15(17)23(32)33/h1-2,7-11,15,17H,3-6H2,(H,26,27)(H,32,33)(H,29,30,31)/t10?,11?,15-,17-/m1/s1. The van der Waals surface area contributed by atoms with E-state index >= 15 is 4.39 Å². The maximum Gasteiger partial charge on any atom is 0.308 e. The summed E-state index contributed by atoms with van der Waals surface area (Å²) in [5.41, 5.74) is 1.38. The third kappa shape index (κ3) is 3.40. The van der Waals surface area contributed by atoms with Crippen molar-refractivity contribution in [1.29, 1.82) is 0 Å². The molecule has 0 unspecified atom stereocenters. The van der Waals surface area contributed by atoms with E-state index in [4.69, 9.17) is 16.0 Å². The third-order valence-corrected chi connectivity index (χ3v) is 7.19. The van der Waals surface area contributed by atoms with E-state index < -0.39 is 23.7 Å². The van der Waals surface area contributed by atoms with Gasteiger partial charge in [0.2, 0.25) is 0 Å². The van der Waals surface area contributed by atoms with E-state index in [0.29, 0.717) is 16.7 Å². The molecule has 174 valence electrons. The van der Waals surface area contributed by atoms with Gasteiger partial charge in [-0.05, 0) is 49.7 Å². The second-order valence-corrected chi connectivity index (χ2v) is 9.22. The van der Waals surface area contributed by atoms with Crippen LogP contribution in [0.2, 0.25) is 5.15 Å². The van der Waals surface area contributed by atoms with Crippen molar-refractivity contribution in [2.75, 3.05) is 5.32 Å². The maximum absolute atomic E-state index is 15.7. The summed E-state index contributed by atoms with van der Waals surface area (Å²) < 4.78 is 21.1. The van der Waals surface area contributed by atoms with Gasteiger partial charge in [0.25, 0.3) is 0 Å². The number of furan rings is 1. The van der Waals surface area contributed by atoms with E-state index in [1.54, 1.807) is 18.3 Å². The summed E-state index contributed by atoms with van der Waals surface area (Å²) in [6.07, 6.45) is 8.06. The van der Waals surface area contributed by atoms with Gasteiger partial charge in [-0.25, -0.2) is 24.3 Å². The van der Waals surface area contributed by atoms with Crippen LogP contribution in [0.1, 0.15) is 25.7 Å². The smallest absolute Gasteiger partial charge is 0.308 e. The first kappa shape index (κ1) is 21.0. The van der Waals surface area contributed by atoms with Crippen LogP contribution in [0.3, 0.4) is 0 Å². The molecule has 0 aliphatic heterocycles. The molecule has 0 aromatic carbocycles. The minimum absolute atomic E-state index is 0.0327. The van der Waals surface area contributed by atoms with Crippen molar-refractivity contribution < 1.29 is 18.7 Å². The van der Waals surface area contributed by atoms with Crippen molar-refractivity contribution in [2.45, 2.75) is 31.7 Å². The molecule has 3 aliphatic carbocycles. The average molecular weight is 483 g/mol. The molecule has 3 fully saturated rings. The second kappa shape index (κ2) is 8.05. The minimum atomic E-state index is -0.866. The molecule has 0 saturated heterocycles. The first-order valence-electron chi connectivity index (χ1n) is 11.1. The highest BCUT2D eigenvalue weighted by molar-refractivity contribution is 6.29. The molecule has 0 radical (unpaired) electrons. The Morgan fingerprint density at radius 1 is 1.21 bits per heavy atom. The van der Waals surface area contributed by atoms with Crippen LogP contribution in [0.15, 0.2) is 35.2 Å². The molecule has 4 aromatic rings. The third-order valence-electron chi connectivity index (χ3n) is 7.01. The Morgan fingerprint density at radius 2 is 2.00 bits per heavy atom. The first-order chi connectivity index (χ1) is 16.5. The van der Waals surface area contributed by atoms with Crippen molar-refractivity contribution in [2.24, 2.45) is 17.8 Å². The number of hydrogen-bond donors (Lipinski definition) is 3. The fourth-order valence-electron chi connectivity index (χ4n) is 5.45. The summed E-state index contributed by atoms with van der Waals surface area (Å²) >= 11 is 6.04. The number of aromatic amines is 1. The molecule has 34 heavy (non-hydrogen) atoms. The van der Waals surface area contributed by atoms with E-state index in [-0.39, 0.29) is 40.1 Å². The van der Waals surface area contributed by atoms with Crippen molar-refractivity contribution in [1.82, 2.24) is 24.9 Å². The summed E-state index contributed by atoms with van der Waals surface area (Å²) in [5.74, 6) is -1.62. The molecule has 7 rings (SSSR count). The number of rotatable bonds is 5. The average Bonchev–Trinajstić information content (AvgIpc) is 3.51. The highest BCUT2D eigenvalue weighted by Gasteiger charge is 2.47. The topological polar surface area (TPSA) is 130 Å². The van der Waals surface area contributed by atoms with Crippen LogP contribution in [0.4, 0.5) is 10.2 Å². The van der Waals surface area contributed by atoms with Crippen LogP contribution in [-0.4, -0.2) is 42.0 Å². The van der Waals surface area contributed by atoms with Crippen molar-refractivity contribution >= 4 is 34.6 Å². The van der Waals surface area contributed by atoms with Crippen molar-refractivity contribution in [3.8, 4) is 22.8 Å². The number of carboxylic acid groups (broad SMARTS) is 1. The van der Waals surface area contributed by atoms with Gasteiger partial charge in [-0.3, -0.25) is 4.79 Å². The summed E-state index contributed by atoms with van der Waals surface area (Å²) in [6.45, 7) is 0. The molecule has 2 bridgehead atoms. The number of nitrogens with zero attached hydrogens (tertiary/aromatic N) is 4. The number of anilines is 1. The number of hydrogen-bond acceptors (Lipinski definition) is 7. The molecule has 2 atom stereocenters. The summed E-state index contributed by atoms with van der Waals surface area (Å²) in [6, 6.07) is 2.82. The zero-order valence-corrected chi connectivity index (χ0v) is 18.6. The number of H-pyrrole nitrogens is 1. The van der Waals surface area contributed by atoms with Crippen LogP contribution in [0.5, 0.6) is 0 Å². The maximum atomic E-state index is 15.7. The molecule has 0 amide bonds. The van der Waals surface area contributed by atoms with Crippen molar-refractivity contribution in [3.63, 3.8) is 0 Å². The first-order valence-corrected chi connectivity index (χ1v) is 11.5. The number of aliphatic carboxylic acids is 1. The van der Waals surface area contributed by atoms with Gasteiger partial charge < -0.3 is 19.8 Å². The lowest BCUT2D eigenvalue weighted by Crippen LogP contribution is -2.51. The number of nitrogens with one attached hydrogen (secondary N) is 2. The van der Waals surface area contributed by atoms with Crippen molar-refractivity contribution in [3.05, 3.63) is 41.8 Å². The van der Waals surface area contributed by atoms with Crippen LogP contribution < -0.4 is 5.32 Å². The monoisotopic (exact) mass is 482 g/mol. The van der Waals surface area contributed by atoms with Gasteiger partial charge in [-0.15, -0.1) is 0 Å². The number of halogens is 2. The Bertz CT molecular complexity index is 1380. The Labute approximate surface area is 197 Å². The number of carbonyl (C=O) groups is 1. The zero-order valence-electron chi connectivity index (χ0n) is 17.8. The van der Waals surface area contributed by atoms with Crippen LogP contribution >= 0.6 is 11.6 Å². The normalized spacial score (nSPS) is 23.9. The predicted molar refractivity (Wildman–Crippen MR) is 122 cm³/mol. The molecular weight excluding hydrogens is 463 g/mol. The van der Waals surface area contributed by atoms with Gasteiger partial charge in [-0.2, -0.15) is 0 Å². The van der Waals surface area contributed by atoms with Gasteiger partial charge in [0.15, 0.2) is 28.9 Å². The van der Waals surface area contributed by atoms with Gasteiger partial charge >= 0.3 is 5.97 Å². The van der Waals surface area contributed by atoms with Gasteiger partial charge in [-0.1, -0.05) is 11.6 Å². The van der Waals surface area contributed by atoms with E-state index in [1.165, 1.54) is 12.5 Å². The number of aromatic nitrogens is 5. The summed E-state index contributed by atoms with van der Waals surface area (Å²) in [7, 11) is 0. The second-order valence-electron chi connectivity index (χ2n) is 8.84. The number of fused-ring (bicyclic) bond motifs is 4. The van der Waals surface area contributed by atoms with Gasteiger partial charge in [0, 0.05) is 12.2 Å². The highest BCUT2D eigenvalue weighted by atomic mass is 35.5. The Hall–Kier alpha value is -3.53. The lowest BCUT2D eigenvalue weighted by Gasteiger charge is -2.47. The Balaban J connectivity index is 1.49. The molecular formula is C23H20ClFN6O3. The highest BCUT2D eigenvalue weighted by Crippen LogP contribution is 2.46. The van der Waals surface area contributed by atoms with Crippen LogP contribution in [0.25, 0.3) is 34.0 Å². The molecule has 0 spiro atoms. The molecule has 3 saturated carbocycles. The lowest BCUT2D eigenvalue weighted by molar-refractivity contribution is -0.148. The van der Waals surface area contributed by atoms with Gasteiger partial charge in [0.1, 0.15) is 16.4 Å². The van der Waals surface area contributed by atoms with Gasteiger partial charge in [0.05, 0.1) is 23.9 Å². The SMILES string of the molecule is O=C(O)[C@@H]1C2CCC(CC2)[C@H]1Nc1nc(-c2c[nH]c3ncc(Cl)nc23)nc(-c2ccco2)c1F. The zero-order chi connectivity index (χ0) is 23.4. The molecule has 3 aliphatic rings. The molecule has 3 N–H and O–H groups in total. The number of carboxylic acids is 1.